The minimum Gasteiger partial charge on any atom is -0.465 e. The second kappa shape index (κ2) is 17.4. The van der Waals surface area contributed by atoms with E-state index in [0.29, 0.717) is 43.8 Å². The number of piperidine rings is 1. The van der Waals surface area contributed by atoms with Crippen LogP contribution in [0.15, 0.2) is 90.8 Å². The molecule has 1 saturated heterocycles. The molecule has 10 nitrogen and oxygen atoms in total. The van der Waals surface area contributed by atoms with Crippen LogP contribution in [0.3, 0.4) is 0 Å². The number of carbonyl (C=O) groups is 1. The number of benzene rings is 2. The number of aromatic nitrogens is 2. The number of amides is 1. The number of likely N-dealkylation sites (tertiary alicyclic amines) is 1. The van der Waals surface area contributed by atoms with Crippen molar-refractivity contribution < 1.29 is 33.0 Å². The number of ether oxygens (including phenoxy) is 2. The predicted octanol–water partition coefficient (Wildman–Crippen LogP) is 9.29. The number of nitrogens with zero attached hydrogens (tertiary/aromatic N) is 3. The Balaban J connectivity index is 0.000000213. The van der Waals surface area contributed by atoms with Crippen molar-refractivity contribution in [1.82, 2.24) is 14.9 Å². The van der Waals surface area contributed by atoms with Crippen LogP contribution in [0.5, 0.6) is 23.3 Å². The van der Waals surface area contributed by atoms with Gasteiger partial charge >= 0.3 is 13.7 Å². The third kappa shape index (κ3) is 11.7. The van der Waals surface area contributed by atoms with Crippen LogP contribution < -0.4 is 9.47 Å². The maximum absolute atomic E-state index is 12.6. The maximum atomic E-state index is 12.6. The van der Waals surface area contributed by atoms with Crippen molar-refractivity contribution >= 4 is 19.8 Å². The number of hydrogen-bond donors (Lipinski definition) is 1. The van der Waals surface area contributed by atoms with Gasteiger partial charge in [0.1, 0.15) is 11.5 Å². The molecular weight excluding hydrogens is 617 g/mol. The van der Waals surface area contributed by atoms with Crippen molar-refractivity contribution in [3.8, 4) is 23.3 Å². The van der Waals surface area contributed by atoms with Crippen LogP contribution in [-0.2, 0) is 19.8 Å². The average molecular weight is 660 g/mol. The van der Waals surface area contributed by atoms with Gasteiger partial charge in [0.05, 0.1) is 19.4 Å². The van der Waals surface area contributed by atoms with Gasteiger partial charge in [-0.05, 0) is 87.1 Å². The van der Waals surface area contributed by atoms with Gasteiger partial charge in [-0.2, -0.15) is 0 Å². The summed E-state index contributed by atoms with van der Waals surface area (Å²) >= 11 is 0. The highest BCUT2D eigenvalue weighted by Crippen LogP contribution is 2.51. The molecule has 5 rings (SSSR count). The minimum atomic E-state index is -3.12. The molecule has 47 heavy (non-hydrogen) atoms. The summed E-state index contributed by atoms with van der Waals surface area (Å²) in [5.41, 5.74) is 5.31. The van der Waals surface area contributed by atoms with Gasteiger partial charge in [-0.15, -0.1) is 0 Å². The first-order chi connectivity index (χ1) is 22.6. The Kier molecular flexibility index (Phi) is 13.1. The first kappa shape index (κ1) is 35.4. The number of aryl methyl sites for hydroxylation is 2. The zero-order valence-corrected chi connectivity index (χ0v) is 28.2. The van der Waals surface area contributed by atoms with Gasteiger partial charge in [-0.1, -0.05) is 48.0 Å². The van der Waals surface area contributed by atoms with Crippen LogP contribution in [0.1, 0.15) is 48.9 Å². The summed E-state index contributed by atoms with van der Waals surface area (Å²) in [6, 6.07) is 22.8. The molecule has 2 aromatic carbocycles. The Hall–Kier alpha value is -4.50. The normalized spacial score (nSPS) is 12.9. The topological polar surface area (TPSA) is 120 Å². The Morgan fingerprint density at radius 2 is 1.38 bits per heavy atom. The molecule has 4 aromatic rings. The van der Waals surface area contributed by atoms with E-state index in [-0.39, 0.29) is 6.16 Å². The average Bonchev–Trinajstić information content (AvgIpc) is 3.04. The maximum Gasteiger partial charge on any atom is 0.407 e. The lowest BCUT2D eigenvalue weighted by molar-refractivity contribution is 0.142. The molecule has 1 aliphatic heterocycles. The van der Waals surface area contributed by atoms with Crippen molar-refractivity contribution in [1.29, 1.82) is 0 Å². The van der Waals surface area contributed by atoms with Gasteiger partial charge in [0.2, 0.25) is 11.8 Å². The fourth-order valence-electron chi connectivity index (χ4n) is 4.76. The molecule has 0 aliphatic carbocycles. The third-order valence-corrected chi connectivity index (χ3v) is 9.10. The van der Waals surface area contributed by atoms with Gasteiger partial charge < -0.3 is 28.5 Å². The van der Waals surface area contributed by atoms with Crippen LogP contribution in [0.4, 0.5) is 4.79 Å². The summed E-state index contributed by atoms with van der Waals surface area (Å²) in [7, 11) is -3.12. The van der Waals surface area contributed by atoms with Crippen molar-refractivity contribution in [2.24, 2.45) is 0 Å². The van der Waals surface area contributed by atoms with Crippen molar-refractivity contribution in [3.05, 3.63) is 113 Å². The summed E-state index contributed by atoms with van der Waals surface area (Å²) in [5.74, 6) is 2.47. The van der Waals surface area contributed by atoms with E-state index in [1.807, 2.05) is 86.6 Å². The Labute approximate surface area is 276 Å². The van der Waals surface area contributed by atoms with E-state index in [9.17, 15) is 9.36 Å². The first-order valence-electron chi connectivity index (χ1n) is 15.6. The van der Waals surface area contributed by atoms with Crippen LogP contribution in [0, 0.1) is 13.8 Å². The second-order valence-corrected chi connectivity index (χ2v) is 13.0. The SMILES string of the molecule is CCOP(=O)(Cc1cccc(Oc2ccc(C)cn2)c1)OCC.Cc1ccc(Oc2cccc(C=C3CCN(C(=O)O)CC3)c2)nc1. The monoisotopic (exact) mass is 659 g/mol. The van der Waals surface area contributed by atoms with Gasteiger partial charge in [-0.25, -0.2) is 14.8 Å². The van der Waals surface area contributed by atoms with Gasteiger partial charge in [0.15, 0.2) is 0 Å². The van der Waals surface area contributed by atoms with Crippen LogP contribution in [0.2, 0.25) is 0 Å². The quantitative estimate of drug-likeness (QED) is 0.157. The fraction of sp³-hybridized carbons (Fsp3) is 0.306. The van der Waals surface area contributed by atoms with Crippen LogP contribution in [0.25, 0.3) is 6.08 Å². The standard InChI is InChI=1S/C19H20N2O3.C17H22NO4P/c1-14-5-6-18(20-13-14)24-17-4-2-3-16(12-17)11-15-7-9-21(10-8-15)19(22)23;1-4-20-23(19,21-5-2)13-15-7-6-8-16(11-15)22-17-10-9-14(3)12-18-17/h2-6,11-13H,7-10H2,1H3,(H,22,23);6-12H,4-5,13H2,1-3H3. The van der Waals surface area contributed by atoms with E-state index in [1.165, 1.54) is 10.5 Å². The molecule has 0 saturated carbocycles. The lowest BCUT2D eigenvalue weighted by atomic mass is 10.0. The Morgan fingerprint density at radius 1 is 0.830 bits per heavy atom. The minimum absolute atomic E-state index is 0.215. The molecule has 1 fully saturated rings. The summed E-state index contributed by atoms with van der Waals surface area (Å²) in [6.07, 6.45) is 6.57. The summed E-state index contributed by atoms with van der Waals surface area (Å²) in [6.45, 7) is 9.37. The van der Waals surface area contributed by atoms with Crippen LogP contribution in [-0.4, -0.2) is 52.4 Å². The van der Waals surface area contributed by atoms with Crippen molar-refractivity contribution in [3.63, 3.8) is 0 Å². The molecule has 0 spiro atoms. The van der Waals surface area contributed by atoms with E-state index in [2.05, 4.69) is 16.0 Å². The highest BCUT2D eigenvalue weighted by atomic mass is 31.2. The number of pyridine rings is 2. The molecule has 11 heteroatoms. The van der Waals surface area contributed by atoms with E-state index in [4.69, 9.17) is 23.6 Å². The van der Waals surface area contributed by atoms with Crippen LogP contribution >= 0.6 is 7.60 Å². The van der Waals surface area contributed by atoms with Crippen molar-refractivity contribution in [2.45, 2.75) is 46.7 Å². The Morgan fingerprint density at radius 3 is 1.89 bits per heavy atom. The summed E-state index contributed by atoms with van der Waals surface area (Å²) in [5, 5.41) is 8.99. The van der Waals surface area contributed by atoms with E-state index in [0.717, 1.165) is 40.8 Å². The van der Waals surface area contributed by atoms with E-state index >= 15 is 0 Å². The molecule has 0 atom stereocenters. The smallest absolute Gasteiger partial charge is 0.407 e. The Bertz CT molecular complexity index is 1660. The fourth-order valence-corrected chi connectivity index (χ4v) is 6.44. The molecule has 0 unspecified atom stereocenters. The molecule has 0 radical (unpaired) electrons. The molecule has 3 heterocycles. The highest BCUT2D eigenvalue weighted by Gasteiger charge is 2.24. The zero-order valence-electron chi connectivity index (χ0n) is 27.3. The van der Waals surface area contributed by atoms with E-state index in [1.54, 1.807) is 26.2 Å². The third-order valence-electron chi connectivity index (χ3n) is 7.04. The van der Waals surface area contributed by atoms with E-state index < -0.39 is 13.7 Å². The number of hydrogen-bond acceptors (Lipinski definition) is 8. The van der Waals surface area contributed by atoms with Gasteiger partial charge in [-0.3, -0.25) is 4.57 Å². The first-order valence-corrected chi connectivity index (χ1v) is 17.3. The lowest BCUT2D eigenvalue weighted by Gasteiger charge is -2.25. The predicted molar refractivity (Wildman–Crippen MR) is 182 cm³/mol. The molecular formula is C36H42N3O7P. The number of rotatable bonds is 11. The molecule has 2 aromatic heterocycles. The summed E-state index contributed by atoms with van der Waals surface area (Å²) < 4.78 is 34.8. The van der Waals surface area contributed by atoms with Crippen molar-refractivity contribution in [2.75, 3.05) is 26.3 Å². The van der Waals surface area contributed by atoms with Gasteiger partial charge in [0, 0.05) is 37.6 Å². The highest BCUT2D eigenvalue weighted by molar-refractivity contribution is 7.53. The molecule has 248 valence electrons. The molecule has 0 bridgehead atoms. The number of carboxylic acid groups (broad SMARTS) is 1. The lowest BCUT2D eigenvalue weighted by Crippen LogP contribution is -2.35. The zero-order chi connectivity index (χ0) is 33.6. The second-order valence-electron chi connectivity index (χ2n) is 10.9. The van der Waals surface area contributed by atoms with Gasteiger partial charge in [0.25, 0.3) is 0 Å². The summed E-state index contributed by atoms with van der Waals surface area (Å²) in [4.78, 5) is 20.9. The molecule has 1 amide bonds. The largest absolute Gasteiger partial charge is 0.465 e. The molecule has 1 N–H and O–H groups in total. The molecule has 1 aliphatic rings.